The first-order chi connectivity index (χ1) is 9.06. The Morgan fingerprint density at radius 3 is 2.63 bits per heavy atom. The molecule has 1 atom stereocenters. The molecule has 0 saturated heterocycles. The molecular formula is C13H13NO5. The summed E-state index contributed by atoms with van der Waals surface area (Å²) in [4.78, 5) is 22.4. The largest absolute Gasteiger partial charge is 0.475 e. The number of carbonyl (C=O) groups excluding carboxylic acids is 1. The van der Waals surface area contributed by atoms with Gasteiger partial charge in [-0.2, -0.15) is 0 Å². The first kappa shape index (κ1) is 12.9. The van der Waals surface area contributed by atoms with Crippen LogP contribution in [0, 0.1) is 0 Å². The van der Waals surface area contributed by atoms with Crippen molar-refractivity contribution in [3.05, 3.63) is 47.8 Å². The van der Waals surface area contributed by atoms with E-state index in [9.17, 15) is 9.59 Å². The molecule has 1 amide bonds. The van der Waals surface area contributed by atoms with E-state index in [1.54, 1.807) is 12.3 Å². The summed E-state index contributed by atoms with van der Waals surface area (Å²) in [6.07, 6.45) is 2.11. The zero-order valence-corrected chi connectivity index (χ0v) is 10.3. The highest BCUT2D eigenvalue weighted by Gasteiger charge is 2.17. The van der Waals surface area contributed by atoms with Crippen LogP contribution in [0.2, 0.25) is 0 Å². The van der Waals surface area contributed by atoms with Gasteiger partial charge in [0, 0.05) is 12.5 Å². The smallest absolute Gasteiger partial charge is 0.371 e. The van der Waals surface area contributed by atoms with Crippen LogP contribution in [0.5, 0.6) is 0 Å². The van der Waals surface area contributed by atoms with E-state index in [-0.39, 0.29) is 17.6 Å². The number of amides is 1. The van der Waals surface area contributed by atoms with Crippen molar-refractivity contribution in [3.63, 3.8) is 0 Å². The van der Waals surface area contributed by atoms with Gasteiger partial charge in [-0.1, -0.05) is 0 Å². The molecule has 0 aliphatic rings. The van der Waals surface area contributed by atoms with Gasteiger partial charge in [-0.25, -0.2) is 4.79 Å². The Hall–Kier alpha value is -2.50. The molecule has 100 valence electrons. The van der Waals surface area contributed by atoms with E-state index >= 15 is 0 Å². The third-order valence-corrected chi connectivity index (χ3v) is 2.51. The molecule has 2 rings (SSSR count). The summed E-state index contributed by atoms with van der Waals surface area (Å²) in [5.41, 5.74) is 0. The van der Waals surface area contributed by atoms with Crippen LogP contribution in [0.4, 0.5) is 0 Å². The van der Waals surface area contributed by atoms with Crippen molar-refractivity contribution >= 4 is 11.9 Å². The number of nitrogens with one attached hydrogen (secondary N) is 1. The SMILES string of the molecule is CC(Cc1ccco1)NC(=O)c1ccc(C(=O)O)o1. The van der Waals surface area contributed by atoms with Crippen LogP contribution < -0.4 is 5.32 Å². The van der Waals surface area contributed by atoms with Crippen LogP contribution in [0.25, 0.3) is 0 Å². The van der Waals surface area contributed by atoms with Crippen molar-refractivity contribution < 1.29 is 23.5 Å². The molecule has 19 heavy (non-hydrogen) atoms. The van der Waals surface area contributed by atoms with Crippen LogP contribution in [-0.4, -0.2) is 23.0 Å². The quantitative estimate of drug-likeness (QED) is 0.859. The number of hydrogen-bond acceptors (Lipinski definition) is 4. The van der Waals surface area contributed by atoms with Gasteiger partial charge < -0.3 is 19.3 Å². The molecule has 0 bridgehead atoms. The van der Waals surface area contributed by atoms with Crippen molar-refractivity contribution in [2.24, 2.45) is 0 Å². The van der Waals surface area contributed by atoms with Gasteiger partial charge in [0.15, 0.2) is 5.76 Å². The average molecular weight is 263 g/mol. The fourth-order valence-electron chi connectivity index (χ4n) is 1.65. The fourth-order valence-corrected chi connectivity index (χ4v) is 1.65. The average Bonchev–Trinajstić information content (AvgIpc) is 2.98. The van der Waals surface area contributed by atoms with Crippen molar-refractivity contribution in [3.8, 4) is 0 Å². The predicted octanol–water partition coefficient (Wildman–Crippen LogP) is 1.93. The Kier molecular flexibility index (Phi) is 3.70. The van der Waals surface area contributed by atoms with Gasteiger partial charge in [-0.3, -0.25) is 4.79 Å². The summed E-state index contributed by atoms with van der Waals surface area (Å²) >= 11 is 0. The minimum absolute atomic E-state index is 0.0244. The highest BCUT2D eigenvalue weighted by molar-refractivity contribution is 5.93. The zero-order chi connectivity index (χ0) is 13.8. The third kappa shape index (κ3) is 3.25. The molecule has 0 aromatic carbocycles. The van der Waals surface area contributed by atoms with Crippen LogP contribution in [-0.2, 0) is 6.42 Å². The van der Waals surface area contributed by atoms with Crippen LogP contribution in [0.1, 0.15) is 33.8 Å². The van der Waals surface area contributed by atoms with Crippen molar-refractivity contribution in [1.82, 2.24) is 5.32 Å². The van der Waals surface area contributed by atoms with E-state index in [1.807, 2.05) is 13.0 Å². The number of aromatic carboxylic acids is 1. The summed E-state index contributed by atoms with van der Waals surface area (Å²) in [7, 11) is 0. The number of carboxylic acid groups (broad SMARTS) is 1. The van der Waals surface area contributed by atoms with Crippen LogP contribution in [0.15, 0.2) is 39.4 Å². The molecule has 0 aliphatic heterocycles. The van der Waals surface area contributed by atoms with E-state index in [0.717, 1.165) is 5.76 Å². The molecule has 1 unspecified atom stereocenters. The molecule has 2 aromatic rings. The van der Waals surface area contributed by atoms with Gasteiger partial charge in [0.05, 0.1) is 6.26 Å². The van der Waals surface area contributed by atoms with E-state index in [1.165, 1.54) is 12.1 Å². The van der Waals surface area contributed by atoms with E-state index in [2.05, 4.69) is 5.32 Å². The Labute approximate surface area is 109 Å². The van der Waals surface area contributed by atoms with Gasteiger partial charge in [0.25, 0.3) is 5.91 Å². The van der Waals surface area contributed by atoms with Gasteiger partial charge in [0.2, 0.25) is 5.76 Å². The summed E-state index contributed by atoms with van der Waals surface area (Å²) < 4.78 is 10.1. The Bertz CT molecular complexity index is 570. The fraction of sp³-hybridized carbons (Fsp3) is 0.231. The monoisotopic (exact) mass is 263 g/mol. The molecule has 2 N–H and O–H groups in total. The standard InChI is InChI=1S/C13H13NO5/c1-8(7-9-3-2-6-18-9)14-12(15)10-4-5-11(19-10)13(16)17/h2-6,8H,7H2,1H3,(H,14,15)(H,16,17). The lowest BCUT2D eigenvalue weighted by atomic mass is 10.2. The van der Waals surface area contributed by atoms with Crippen molar-refractivity contribution in [2.75, 3.05) is 0 Å². The minimum atomic E-state index is -1.21. The third-order valence-electron chi connectivity index (χ3n) is 2.51. The summed E-state index contributed by atoms with van der Waals surface area (Å²) in [6.45, 7) is 1.82. The lowest BCUT2D eigenvalue weighted by Crippen LogP contribution is -2.33. The van der Waals surface area contributed by atoms with E-state index in [0.29, 0.717) is 6.42 Å². The number of carboxylic acids is 1. The maximum absolute atomic E-state index is 11.8. The van der Waals surface area contributed by atoms with Crippen LogP contribution >= 0.6 is 0 Å². The predicted molar refractivity (Wildman–Crippen MR) is 65.0 cm³/mol. The minimum Gasteiger partial charge on any atom is -0.475 e. The van der Waals surface area contributed by atoms with Gasteiger partial charge in [0.1, 0.15) is 5.76 Å². The van der Waals surface area contributed by atoms with Gasteiger partial charge in [-0.15, -0.1) is 0 Å². The first-order valence-corrected chi connectivity index (χ1v) is 5.72. The first-order valence-electron chi connectivity index (χ1n) is 5.72. The van der Waals surface area contributed by atoms with E-state index in [4.69, 9.17) is 13.9 Å². The maximum Gasteiger partial charge on any atom is 0.371 e. The lowest BCUT2D eigenvalue weighted by molar-refractivity contribution is 0.0659. The molecular weight excluding hydrogens is 250 g/mol. The second-order valence-corrected chi connectivity index (χ2v) is 4.13. The number of furan rings is 2. The number of carbonyl (C=O) groups is 2. The summed E-state index contributed by atoms with van der Waals surface area (Å²) in [6, 6.07) is 6.01. The molecule has 0 saturated carbocycles. The zero-order valence-electron chi connectivity index (χ0n) is 10.3. The molecule has 0 spiro atoms. The van der Waals surface area contributed by atoms with Crippen LogP contribution in [0.3, 0.4) is 0 Å². The number of hydrogen-bond donors (Lipinski definition) is 2. The van der Waals surface area contributed by atoms with E-state index < -0.39 is 11.9 Å². The molecule has 0 aliphatic carbocycles. The van der Waals surface area contributed by atoms with Gasteiger partial charge in [-0.05, 0) is 31.2 Å². The highest BCUT2D eigenvalue weighted by atomic mass is 16.4. The topological polar surface area (TPSA) is 92.7 Å². The lowest BCUT2D eigenvalue weighted by Gasteiger charge is -2.10. The highest BCUT2D eigenvalue weighted by Crippen LogP contribution is 2.09. The Balaban J connectivity index is 1.94. The summed E-state index contributed by atoms with van der Waals surface area (Å²) in [5, 5.41) is 11.4. The molecule has 0 fully saturated rings. The van der Waals surface area contributed by atoms with Crippen molar-refractivity contribution in [2.45, 2.75) is 19.4 Å². The molecule has 6 nitrogen and oxygen atoms in total. The molecule has 6 heteroatoms. The molecule has 2 aromatic heterocycles. The number of rotatable bonds is 5. The normalized spacial score (nSPS) is 12.1. The van der Waals surface area contributed by atoms with Gasteiger partial charge >= 0.3 is 5.97 Å². The van der Waals surface area contributed by atoms with Crippen molar-refractivity contribution in [1.29, 1.82) is 0 Å². The molecule has 0 radical (unpaired) electrons. The molecule has 2 heterocycles. The Morgan fingerprint density at radius 1 is 1.32 bits per heavy atom. The second kappa shape index (κ2) is 5.43. The Morgan fingerprint density at radius 2 is 2.05 bits per heavy atom. The summed E-state index contributed by atoms with van der Waals surface area (Å²) in [5.74, 6) is -1.18. The maximum atomic E-state index is 11.8. The second-order valence-electron chi connectivity index (χ2n) is 4.13.